The molecule has 0 bridgehead atoms. The molecular formula is C44H46As2CoN4O4. The van der Waals surface area contributed by atoms with Crippen LogP contribution in [0, 0.1) is 0 Å². The summed E-state index contributed by atoms with van der Waals surface area (Å²) in [4.78, 5) is 0. The van der Waals surface area contributed by atoms with Gasteiger partial charge in [-0.1, -0.05) is 20.6 Å². The van der Waals surface area contributed by atoms with Crippen LogP contribution in [-0.4, -0.2) is 73.0 Å². The first kappa shape index (κ1) is 46.0. The second-order valence-corrected chi connectivity index (χ2v) is 20.7. The Morgan fingerprint density at radius 3 is 0.527 bits per heavy atom. The molecule has 0 heterocycles. The van der Waals surface area contributed by atoms with E-state index in [1.807, 2.05) is 0 Å². The number of nitrogens with zero attached hydrogens (tertiary/aromatic N) is 4. The molecule has 55 heavy (non-hydrogen) atoms. The Morgan fingerprint density at radius 1 is 0.291 bits per heavy atom. The molecule has 1 radical (unpaired) electrons. The summed E-state index contributed by atoms with van der Waals surface area (Å²) in [5.74, 6) is 0. The van der Waals surface area contributed by atoms with E-state index < -0.39 is 29.3 Å². The fourth-order valence-electron chi connectivity index (χ4n) is 4.65. The van der Waals surface area contributed by atoms with E-state index in [0.717, 1.165) is 0 Å². The van der Waals surface area contributed by atoms with Crippen molar-refractivity contribution in [2.24, 2.45) is 20.6 Å². The summed E-state index contributed by atoms with van der Waals surface area (Å²) in [6, 6.07) is 65.4. The van der Waals surface area contributed by atoms with Crippen molar-refractivity contribution in [3.05, 3.63) is 182 Å². The van der Waals surface area contributed by atoms with E-state index in [9.17, 15) is 0 Å². The molecule has 285 valence electrons. The van der Waals surface area contributed by atoms with Gasteiger partial charge in [-0.25, -0.2) is 0 Å². The molecule has 0 aliphatic heterocycles. The number of hydrogen-bond donors (Lipinski definition) is 4. The van der Waals surface area contributed by atoms with Crippen LogP contribution in [0.4, 0.5) is 0 Å². The summed E-state index contributed by atoms with van der Waals surface area (Å²) >= 11 is -2.78. The molecule has 0 fully saturated rings. The molecule has 8 nitrogen and oxygen atoms in total. The SMILES string of the molecule is CC(=N\O)/C(C)=N/O.CC(=N\O)/C(C)=N/O.[Co].c1ccc([As](c2ccccc2)c2ccccc2)cc1.c1ccc([As](c2ccccc2)c2ccccc2)cc1. The van der Waals surface area contributed by atoms with Gasteiger partial charge in [0.1, 0.15) is 22.8 Å². The van der Waals surface area contributed by atoms with Crippen molar-refractivity contribution in [2.75, 3.05) is 0 Å². The average molecular weight is 904 g/mol. The Labute approximate surface area is 344 Å². The molecule has 0 unspecified atom stereocenters. The van der Waals surface area contributed by atoms with Crippen LogP contribution in [0.5, 0.6) is 0 Å². The normalized spacial score (nSPS) is 11.5. The zero-order valence-electron chi connectivity index (χ0n) is 31.1. The monoisotopic (exact) mass is 903 g/mol. The molecule has 6 aromatic carbocycles. The standard InChI is InChI=1S/2C18H15As.2C4H8N2O2.Co/c2*1-4-10-16(11-5-1)19(17-12-6-2-7-13-17)18-14-8-3-9-15-18;2*1-3(5-7)4(2)6-8;/h2*1-15H;2*7-8H,1-2H3;/b;;2*5-3+,6-4+;. The van der Waals surface area contributed by atoms with Crippen molar-refractivity contribution in [1.29, 1.82) is 0 Å². The van der Waals surface area contributed by atoms with Crippen LogP contribution < -0.4 is 26.1 Å². The van der Waals surface area contributed by atoms with E-state index in [0.29, 0.717) is 22.8 Å². The molecule has 4 N–H and O–H groups in total. The zero-order valence-corrected chi connectivity index (χ0v) is 35.9. The van der Waals surface area contributed by atoms with Crippen LogP contribution in [0.15, 0.2) is 203 Å². The fraction of sp³-hybridized carbons (Fsp3) is 0.0909. The summed E-state index contributed by atoms with van der Waals surface area (Å²) in [5.41, 5.74) is 1.25. The quantitative estimate of drug-likeness (QED) is 0.0669. The van der Waals surface area contributed by atoms with E-state index >= 15 is 0 Å². The van der Waals surface area contributed by atoms with Gasteiger partial charge in [0, 0.05) is 16.8 Å². The number of rotatable bonds is 8. The number of hydrogen-bond acceptors (Lipinski definition) is 8. The van der Waals surface area contributed by atoms with Crippen LogP contribution in [0.1, 0.15) is 27.7 Å². The van der Waals surface area contributed by atoms with Crippen molar-refractivity contribution in [3.63, 3.8) is 0 Å². The molecule has 0 aliphatic carbocycles. The van der Waals surface area contributed by atoms with Crippen molar-refractivity contribution in [2.45, 2.75) is 27.7 Å². The minimum absolute atomic E-state index is 0. The van der Waals surface area contributed by atoms with Crippen molar-refractivity contribution < 1.29 is 37.6 Å². The van der Waals surface area contributed by atoms with Gasteiger partial charge in [0.25, 0.3) is 0 Å². The van der Waals surface area contributed by atoms with Gasteiger partial charge in [-0.15, -0.1) is 0 Å². The van der Waals surface area contributed by atoms with Gasteiger partial charge in [0.2, 0.25) is 0 Å². The molecule has 0 atom stereocenters. The van der Waals surface area contributed by atoms with Gasteiger partial charge >= 0.3 is 237 Å². The first-order chi connectivity index (χ1) is 26.3. The summed E-state index contributed by atoms with van der Waals surface area (Å²) in [6.07, 6.45) is 0. The molecule has 6 aromatic rings. The minimum atomic E-state index is -1.39. The van der Waals surface area contributed by atoms with Crippen molar-refractivity contribution >= 4 is 78.3 Å². The summed E-state index contributed by atoms with van der Waals surface area (Å²) in [5, 5.41) is 43.3. The Morgan fingerprint density at radius 2 is 0.418 bits per heavy atom. The summed E-state index contributed by atoms with van der Waals surface area (Å²) < 4.78 is 8.87. The Hall–Kier alpha value is -5.18. The van der Waals surface area contributed by atoms with Gasteiger partial charge < -0.3 is 20.8 Å². The average Bonchev–Trinajstić information content (AvgIpc) is 3.25. The predicted molar refractivity (Wildman–Crippen MR) is 228 cm³/mol. The second kappa shape index (κ2) is 26.6. The molecule has 0 saturated carbocycles. The van der Waals surface area contributed by atoms with E-state index in [4.69, 9.17) is 20.8 Å². The Kier molecular flexibility index (Phi) is 22.2. The first-order valence-electron chi connectivity index (χ1n) is 17.0. The van der Waals surface area contributed by atoms with Crippen LogP contribution >= 0.6 is 0 Å². The van der Waals surface area contributed by atoms with Crippen LogP contribution in [-0.2, 0) is 16.8 Å². The maximum absolute atomic E-state index is 8.03. The number of benzene rings is 6. The molecule has 0 aromatic heterocycles. The third-order valence-electron chi connectivity index (χ3n) is 7.73. The van der Waals surface area contributed by atoms with Crippen LogP contribution in [0.2, 0.25) is 0 Å². The zero-order chi connectivity index (χ0) is 39.0. The third kappa shape index (κ3) is 15.6. The van der Waals surface area contributed by atoms with Gasteiger partial charge in [-0.3, -0.25) is 0 Å². The van der Waals surface area contributed by atoms with E-state index in [1.54, 1.807) is 0 Å². The maximum atomic E-state index is 8.03. The molecule has 11 heteroatoms. The van der Waals surface area contributed by atoms with Gasteiger partial charge in [0.05, 0.1) is 0 Å². The Bertz CT molecular complexity index is 1670. The molecule has 0 spiro atoms. The summed E-state index contributed by atoms with van der Waals surface area (Å²) in [6.45, 7) is 6.15. The summed E-state index contributed by atoms with van der Waals surface area (Å²) in [7, 11) is 0. The van der Waals surface area contributed by atoms with Gasteiger partial charge in [-0.2, -0.15) is 0 Å². The first-order valence-corrected chi connectivity index (χ1v) is 22.6. The van der Waals surface area contributed by atoms with Gasteiger partial charge in [0.15, 0.2) is 0 Å². The van der Waals surface area contributed by atoms with Gasteiger partial charge in [-0.05, 0) is 27.7 Å². The van der Waals surface area contributed by atoms with Crippen LogP contribution in [0.25, 0.3) is 0 Å². The van der Waals surface area contributed by atoms with Crippen LogP contribution in [0.3, 0.4) is 0 Å². The molecular weight excluding hydrogens is 857 g/mol. The van der Waals surface area contributed by atoms with Crippen molar-refractivity contribution in [1.82, 2.24) is 0 Å². The molecule has 0 aliphatic rings. The fourth-order valence-corrected chi connectivity index (χ4v) is 14.3. The second-order valence-electron chi connectivity index (χ2n) is 11.4. The molecule has 0 amide bonds. The van der Waals surface area contributed by atoms with Crippen molar-refractivity contribution in [3.8, 4) is 0 Å². The topological polar surface area (TPSA) is 130 Å². The molecule has 0 saturated heterocycles. The molecule has 6 rings (SSSR count). The van der Waals surface area contributed by atoms with E-state index in [-0.39, 0.29) is 16.8 Å². The van der Waals surface area contributed by atoms with E-state index in [2.05, 4.69) is 203 Å². The number of oxime groups is 4. The Balaban J connectivity index is 0.000000273. The third-order valence-corrected chi connectivity index (χ3v) is 18.0. The van der Waals surface area contributed by atoms with E-state index in [1.165, 1.54) is 53.8 Å². The predicted octanol–water partition coefficient (Wildman–Crippen LogP) is 5.78.